The van der Waals surface area contributed by atoms with Crippen molar-refractivity contribution < 1.29 is 24.7 Å². The molecule has 1 aromatic heterocycles. The minimum Gasteiger partial charge on any atom is -0.481 e. The van der Waals surface area contributed by atoms with Crippen LogP contribution in [-0.4, -0.2) is 63.2 Å². The molecule has 0 radical (unpaired) electrons. The molecule has 146 valence electrons. The maximum atomic E-state index is 11.8. The van der Waals surface area contributed by atoms with E-state index < -0.39 is 28.7 Å². The number of carboxylic acids is 2. The molecule has 0 saturated carbocycles. The Morgan fingerprint density at radius 2 is 1.30 bits per heavy atom. The first-order chi connectivity index (χ1) is 12.9. The Labute approximate surface area is 154 Å². The lowest BCUT2D eigenvalue weighted by atomic mass is 9.96. The molecule has 11 heteroatoms. The van der Waals surface area contributed by atoms with E-state index in [2.05, 4.69) is 9.97 Å². The van der Waals surface area contributed by atoms with Gasteiger partial charge >= 0.3 is 17.6 Å². The van der Waals surface area contributed by atoms with Crippen molar-refractivity contribution in [2.45, 2.75) is 25.7 Å². The van der Waals surface area contributed by atoms with Crippen LogP contribution in [0, 0.1) is 22.0 Å². The number of piperidine rings is 2. The summed E-state index contributed by atoms with van der Waals surface area (Å²) < 4.78 is 0. The van der Waals surface area contributed by atoms with E-state index in [1.54, 1.807) is 9.80 Å². The van der Waals surface area contributed by atoms with Crippen molar-refractivity contribution in [3.8, 4) is 0 Å². The van der Waals surface area contributed by atoms with Crippen LogP contribution in [0.1, 0.15) is 25.7 Å². The highest BCUT2D eigenvalue weighted by Crippen LogP contribution is 2.37. The number of carbonyl (C=O) groups is 2. The lowest BCUT2D eigenvalue weighted by Gasteiger charge is -2.33. The number of hydrogen-bond acceptors (Lipinski definition) is 8. The summed E-state index contributed by atoms with van der Waals surface area (Å²) >= 11 is 0. The number of nitrogens with zero attached hydrogens (tertiary/aromatic N) is 5. The monoisotopic (exact) mass is 379 g/mol. The molecule has 2 saturated heterocycles. The van der Waals surface area contributed by atoms with Crippen LogP contribution in [0.4, 0.5) is 17.3 Å². The third-order valence-electron chi connectivity index (χ3n) is 5.25. The van der Waals surface area contributed by atoms with Crippen molar-refractivity contribution in [2.24, 2.45) is 11.8 Å². The van der Waals surface area contributed by atoms with E-state index in [0.29, 0.717) is 51.9 Å². The standard InChI is InChI=1S/C16H21N5O6/c22-15(23)10-1-5-19(6-2-10)13-12(21(26)27)14(18-9-17-13)20-7-3-11(4-8-20)16(24)25/h9-11H,1-8H2,(H,22,23)(H,24,25). The normalized spacial score (nSPS) is 19.1. The van der Waals surface area contributed by atoms with Crippen LogP contribution in [0.3, 0.4) is 0 Å². The van der Waals surface area contributed by atoms with Gasteiger partial charge in [-0.2, -0.15) is 0 Å². The van der Waals surface area contributed by atoms with Gasteiger partial charge in [0.25, 0.3) is 0 Å². The van der Waals surface area contributed by atoms with E-state index in [0.717, 1.165) is 0 Å². The van der Waals surface area contributed by atoms with Gasteiger partial charge in [0, 0.05) is 26.2 Å². The Bertz CT molecular complexity index is 689. The second-order valence-corrected chi connectivity index (χ2v) is 6.83. The van der Waals surface area contributed by atoms with Crippen LogP contribution in [-0.2, 0) is 9.59 Å². The Balaban J connectivity index is 1.83. The first kappa shape index (κ1) is 18.8. The molecule has 2 N–H and O–H groups in total. The van der Waals surface area contributed by atoms with Gasteiger partial charge in [0.1, 0.15) is 6.33 Å². The molecule has 0 atom stereocenters. The summed E-state index contributed by atoms with van der Waals surface area (Å²) in [5, 5.41) is 30.0. The number of aliphatic carboxylic acids is 2. The Morgan fingerprint density at radius 1 is 0.926 bits per heavy atom. The van der Waals surface area contributed by atoms with Gasteiger partial charge < -0.3 is 20.0 Å². The van der Waals surface area contributed by atoms with Crippen LogP contribution >= 0.6 is 0 Å². The lowest BCUT2D eigenvalue weighted by molar-refractivity contribution is -0.383. The third kappa shape index (κ3) is 3.91. The largest absolute Gasteiger partial charge is 0.481 e. The predicted octanol–water partition coefficient (Wildman–Crippen LogP) is 0.987. The Hall–Kier alpha value is -2.98. The summed E-state index contributed by atoms with van der Waals surface area (Å²) in [6, 6.07) is 0. The number of nitro groups is 1. The first-order valence-corrected chi connectivity index (χ1v) is 8.83. The highest BCUT2D eigenvalue weighted by atomic mass is 16.6. The molecule has 0 bridgehead atoms. The summed E-state index contributed by atoms with van der Waals surface area (Å²) in [6.45, 7) is 1.48. The third-order valence-corrected chi connectivity index (χ3v) is 5.25. The zero-order chi connectivity index (χ0) is 19.6. The van der Waals surface area contributed by atoms with E-state index in [9.17, 15) is 19.7 Å². The highest BCUT2D eigenvalue weighted by molar-refractivity contribution is 5.74. The van der Waals surface area contributed by atoms with Crippen molar-refractivity contribution in [2.75, 3.05) is 36.0 Å². The van der Waals surface area contributed by atoms with Crippen molar-refractivity contribution in [3.05, 3.63) is 16.4 Å². The van der Waals surface area contributed by atoms with Crippen LogP contribution in [0.2, 0.25) is 0 Å². The summed E-state index contributed by atoms with van der Waals surface area (Å²) in [6.07, 6.45) is 2.86. The number of hydrogen-bond donors (Lipinski definition) is 2. The second-order valence-electron chi connectivity index (χ2n) is 6.83. The number of carboxylic acid groups (broad SMARTS) is 2. The molecule has 27 heavy (non-hydrogen) atoms. The number of aromatic nitrogens is 2. The van der Waals surface area contributed by atoms with E-state index in [1.807, 2.05) is 0 Å². The molecule has 3 rings (SSSR count). The SMILES string of the molecule is O=C(O)C1CCN(c2ncnc(N3CCC(C(=O)O)CC3)c2[N+](=O)[O-])CC1. The average molecular weight is 379 g/mol. The minimum absolute atomic E-state index is 0.189. The molecule has 0 spiro atoms. The average Bonchev–Trinajstić information content (AvgIpc) is 2.67. The highest BCUT2D eigenvalue weighted by Gasteiger charge is 2.35. The fourth-order valence-corrected chi connectivity index (χ4v) is 3.66. The molecular formula is C16H21N5O6. The maximum absolute atomic E-state index is 11.8. The topological polar surface area (TPSA) is 150 Å². The molecule has 11 nitrogen and oxygen atoms in total. The van der Waals surface area contributed by atoms with Gasteiger partial charge in [0.05, 0.1) is 16.8 Å². The van der Waals surface area contributed by atoms with Crippen LogP contribution < -0.4 is 9.80 Å². The van der Waals surface area contributed by atoms with Gasteiger partial charge in [-0.3, -0.25) is 19.7 Å². The number of anilines is 2. The van der Waals surface area contributed by atoms with E-state index >= 15 is 0 Å². The fourth-order valence-electron chi connectivity index (χ4n) is 3.66. The van der Waals surface area contributed by atoms with Crippen molar-refractivity contribution in [1.82, 2.24) is 9.97 Å². The van der Waals surface area contributed by atoms with E-state index in [-0.39, 0.29) is 17.3 Å². The van der Waals surface area contributed by atoms with Gasteiger partial charge in [-0.1, -0.05) is 0 Å². The lowest BCUT2D eigenvalue weighted by Crippen LogP contribution is -2.39. The zero-order valence-corrected chi connectivity index (χ0v) is 14.7. The smallest absolute Gasteiger partial charge is 0.353 e. The summed E-state index contributed by atoms with van der Waals surface area (Å²) in [7, 11) is 0. The summed E-state index contributed by atoms with van der Waals surface area (Å²) in [5.74, 6) is -2.22. The van der Waals surface area contributed by atoms with Crippen LogP contribution in [0.15, 0.2) is 6.33 Å². The Kier molecular flexibility index (Phi) is 5.38. The van der Waals surface area contributed by atoms with E-state index in [1.165, 1.54) is 6.33 Å². The minimum atomic E-state index is -0.853. The van der Waals surface area contributed by atoms with Crippen LogP contribution in [0.5, 0.6) is 0 Å². The quantitative estimate of drug-likeness (QED) is 0.560. The molecule has 2 aliphatic heterocycles. The molecule has 0 aliphatic carbocycles. The van der Waals surface area contributed by atoms with Gasteiger partial charge in [0.15, 0.2) is 0 Å². The van der Waals surface area contributed by atoms with Crippen molar-refractivity contribution >= 4 is 29.3 Å². The second kappa shape index (κ2) is 7.72. The first-order valence-electron chi connectivity index (χ1n) is 8.83. The van der Waals surface area contributed by atoms with Crippen LogP contribution in [0.25, 0.3) is 0 Å². The fraction of sp³-hybridized carbons (Fsp3) is 0.625. The number of rotatable bonds is 5. The summed E-state index contributed by atoms with van der Waals surface area (Å²) in [5.41, 5.74) is -0.208. The molecule has 3 heterocycles. The molecule has 0 aromatic carbocycles. The van der Waals surface area contributed by atoms with E-state index in [4.69, 9.17) is 10.2 Å². The summed E-state index contributed by atoms with van der Waals surface area (Å²) in [4.78, 5) is 45.1. The Morgan fingerprint density at radius 3 is 1.59 bits per heavy atom. The molecular weight excluding hydrogens is 358 g/mol. The van der Waals surface area contributed by atoms with Crippen molar-refractivity contribution in [1.29, 1.82) is 0 Å². The van der Waals surface area contributed by atoms with Crippen molar-refractivity contribution in [3.63, 3.8) is 0 Å². The predicted molar refractivity (Wildman–Crippen MR) is 93.8 cm³/mol. The molecule has 0 unspecified atom stereocenters. The molecule has 2 aliphatic rings. The zero-order valence-electron chi connectivity index (χ0n) is 14.7. The molecule has 1 aromatic rings. The molecule has 2 fully saturated rings. The van der Waals surface area contributed by atoms with Gasteiger partial charge in [-0.15, -0.1) is 0 Å². The van der Waals surface area contributed by atoms with Gasteiger partial charge in [0.2, 0.25) is 11.6 Å². The maximum Gasteiger partial charge on any atom is 0.353 e. The van der Waals surface area contributed by atoms with Gasteiger partial charge in [-0.05, 0) is 25.7 Å². The van der Waals surface area contributed by atoms with Gasteiger partial charge in [-0.25, -0.2) is 9.97 Å². The molecule has 0 amide bonds.